The molecule has 2 aromatic rings. The maximum absolute atomic E-state index is 13.0. The lowest BCUT2D eigenvalue weighted by atomic mass is 9.96. The first-order valence-electron chi connectivity index (χ1n) is 12.0. The Bertz CT molecular complexity index is 1080. The van der Waals surface area contributed by atoms with Gasteiger partial charge in [-0.05, 0) is 78.8 Å². The largest absolute Gasteiger partial charge is 0.493 e. The van der Waals surface area contributed by atoms with Crippen molar-refractivity contribution >= 4 is 12.0 Å². The van der Waals surface area contributed by atoms with Crippen molar-refractivity contribution in [2.45, 2.75) is 25.7 Å². The summed E-state index contributed by atoms with van der Waals surface area (Å²) in [5.74, 6) is 3.60. The first kappa shape index (κ1) is 22.6. The SMILES string of the molecule is COc1ccc(CCN2CCCC(CN3C=Cc4cc5c(cc4CC3=O)OCO5)C2)cc1OC. The summed E-state index contributed by atoms with van der Waals surface area (Å²) >= 11 is 0. The van der Waals surface area contributed by atoms with Crippen molar-refractivity contribution in [1.29, 1.82) is 0 Å². The summed E-state index contributed by atoms with van der Waals surface area (Å²) in [4.78, 5) is 17.4. The van der Waals surface area contributed by atoms with Gasteiger partial charge < -0.3 is 28.7 Å². The molecule has 5 rings (SSSR count). The number of benzene rings is 2. The number of methoxy groups -OCH3 is 2. The Kier molecular flexibility index (Phi) is 6.63. The van der Waals surface area contributed by atoms with Gasteiger partial charge >= 0.3 is 0 Å². The van der Waals surface area contributed by atoms with Gasteiger partial charge in [-0.25, -0.2) is 0 Å². The molecule has 0 bridgehead atoms. The van der Waals surface area contributed by atoms with Crippen molar-refractivity contribution in [2.75, 3.05) is 47.2 Å². The Morgan fingerprint density at radius 1 is 1.06 bits per heavy atom. The first-order valence-corrected chi connectivity index (χ1v) is 12.0. The monoisotopic (exact) mass is 464 g/mol. The summed E-state index contributed by atoms with van der Waals surface area (Å²) in [7, 11) is 3.33. The van der Waals surface area contributed by atoms with Gasteiger partial charge in [0.1, 0.15) is 0 Å². The molecule has 0 N–H and O–H groups in total. The van der Waals surface area contributed by atoms with Crippen LogP contribution in [-0.4, -0.2) is 62.9 Å². The number of carbonyl (C=O) groups is 1. The van der Waals surface area contributed by atoms with Crippen LogP contribution in [0.5, 0.6) is 23.0 Å². The van der Waals surface area contributed by atoms with E-state index in [1.807, 2.05) is 35.4 Å². The lowest BCUT2D eigenvalue weighted by molar-refractivity contribution is -0.128. The number of fused-ring (bicyclic) bond motifs is 2. The molecule has 3 heterocycles. The molecule has 0 radical (unpaired) electrons. The van der Waals surface area contributed by atoms with Gasteiger partial charge in [0.25, 0.3) is 0 Å². The van der Waals surface area contributed by atoms with Crippen LogP contribution in [0.1, 0.15) is 29.5 Å². The van der Waals surface area contributed by atoms with Crippen LogP contribution >= 0.6 is 0 Å². The lowest BCUT2D eigenvalue weighted by Crippen LogP contribution is -2.42. The van der Waals surface area contributed by atoms with Crippen molar-refractivity contribution < 1.29 is 23.7 Å². The van der Waals surface area contributed by atoms with Crippen molar-refractivity contribution in [3.63, 3.8) is 0 Å². The van der Waals surface area contributed by atoms with Gasteiger partial charge in [0.2, 0.25) is 12.7 Å². The predicted molar refractivity (Wildman–Crippen MR) is 129 cm³/mol. The standard InChI is InChI=1S/C27H32N2O5/c1-31-23-6-5-19(12-24(23)32-2)7-10-28-9-3-4-20(16-28)17-29-11-8-21-13-25-26(34-18-33-25)14-22(21)15-27(29)30/h5-6,8,11-14,20H,3-4,7,9-10,15-18H2,1-2H3. The number of hydrogen-bond acceptors (Lipinski definition) is 6. The molecule has 1 fully saturated rings. The molecule has 0 aliphatic carbocycles. The quantitative estimate of drug-likeness (QED) is 0.622. The van der Waals surface area contributed by atoms with Gasteiger partial charge in [-0.3, -0.25) is 4.79 Å². The molecule has 1 saturated heterocycles. The summed E-state index contributed by atoms with van der Waals surface area (Å²) in [5.41, 5.74) is 3.26. The van der Waals surface area contributed by atoms with E-state index in [9.17, 15) is 4.79 Å². The fraction of sp³-hybridized carbons (Fsp3) is 0.444. The highest BCUT2D eigenvalue weighted by molar-refractivity contribution is 5.84. The highest BCUT2D eigenvalue weighted by Crippen LogP contribution is 2.36. The molecule has 1 unspecified atom stereocenters. The third kappa shape index (κ3) is 4.85. The number of carbonyl (C=O) groups excluding carboxylic acids is 1. The fourth-order valence-electron chi connectivity index (χ4n) is 5.09. The summed E-state index contributed by atoms with van der Waals surface area (Å²) in [6.45, 7) is 4.10. The molecular formula is C27H32N2O5. The van der Waals surface area contributed by atoms with E-state index in [-0.39, 0.29) is 12.7 Å². The molecule has 180 valence electrons. The summed E-state index contributed by atoms with van der Waals surface area (Å²) in [6.07, 6.45) is 7.62. The minimum atomic E-state index is 0.135. The number of amides is 1. The smallest absolute Gasteiger partial charge is 0.231 e. The molecular weight excluding hydrogens is 432 g/mol. The highest BCUT2D eigenvalue weighted by atomic mass is 16.7. The molecule has 3 aliphatic rings. The zero-order chi connectivity index (χ0) is 23.5. The van der Waals surface area contributed by atoms with Crippen molar-refractivity contribution in [1.82, 2.24) is 9.80 Å². The highest BCUT2D eigenvalue weighted by Gasteiger charge is 2.26. The molecule has 1 atom stereocenters. The average Bonchev–Trinajstić information content (AvgIpc) is 3.26. The minimum absolute atomic E-state index is 0.135. The molecule has 0 aromatic heterocycles. The Balaban J connectivity index is 1.18. The third-order valence-corrected chi connectivity index (χ3v) is 6.95. The molecule has 7 heteroatoms. The third-order valence-electron chi connectivity index (χ3n) is 6.95. The van der Waals surface area contributed by atoms with Crippen LogP contribution in [0.4, 0.5) is 0 Å². The second kappa shape index (κ2) is 9.97. The van der Waals surface area contributed by atoms with Gasteiger partial charge in [-0.2, -0.15) is 0 Å². The van der Waals surface area contributed by atoms with Gasteiger partial charge in [0.05, 0.1) is 20.6 Å². The van der Waals surface area contributed by atoms with Crippen LogP contribution in [-0.2, 0) is 17.6 Å². The van der Waals surface area contributed by atoms with E-state index in [0.717, 1.165) is 79.6 Å². The van der Waals surface area contributed by atoms with E-state index in [0.29, 0.717) is 12.3 Å². The zero-order valence-electron chi connectivity index (χ0n) is 19.9. The predicted octanol–water partition coefficient (Wildman–Crippen LogP) is 3.74. The molecule has 2 aromatic carbocycles. The van der Waals surface area contributed by atoms with Crippen LogP contribution in [0.15, 0.2) is 36.5 Å². The van der Waals surface area contributed by atoms with E-state index >= 15 is 0 Å². The van der Waals surface area contributed by atoms with E-state index < -0.39 is 0 Å². The molecule has 0 spiro atoms. The van der Waals surface area contributed by atoms with Crippen molar-refractivity contribution in [3.8, 4) is 23.0 Å². The Morgan fingerprint density at radius 3 is 2.71 bits per heavy atom. The van der Waals surface area contributed by atoms with E-state index in [4.69, 9.17) is 18.9 Å². The molecule has 1 amide bonds. The average molecular weight is 465 g/mol. The fourth-order valence-corrected chi connectivity index (χ4v) is 5.09. The van der Waals surface area contributed by atoms with Crippen LogP contribution in [0.2, 0.25) is 0 Å². The minimum Gasteiger partial charge on any atom is -0.493 e. The van der Waals surface area contributed by atoms with Gasteiger partial charge in [0, 0.05) is 25.8 Å². The topological polar surface area (TPSA) is 60.5 Å². The summed E-state index contributed by atoms with van der Waals surface area (Å²) < 4.78 is 21.8. The van der Waals surface area contributed by atoms with Crippen molar-refractivity contribution in [2.24, 2.45) is 5.92 Å². The van der Waals surface area contributed by atoms with E-state index in [1.54, 1.807) is 14.2 Å². The Hall–Kier alpha value is -3.19. The number of likely N-dealkylation sites (tertiary alicyclic amines) is 1. The molecule has 3 aliphatic heterocycles. The van der Waals surface area contributed by atoms with Crippen LogP contribution in [0.25, 0.3) is 6.08 Å². The van der Waals surface area contributed by atoms with Gasteiger partial charge in [-0.15, -0.1) is 0 Å². The Labute approximate surface area is 200 Å². The van der Waals surface area contributed by atoms with E-state index in [1.165, 1.54) is 5.56 Å². The lowest BCUT2D eigenvalue weighted by Gasteiger charge is -2.34. The number of piperidine rings is 1. The van der Waals surface area contributed by atoms with Crippen LogP contribution in [0, 0.1) is 5.92 Å². The number of ether oxygens (including phenoxy) is 4. The van der Waals surface area contributed by atoms with E-state index in [2.05, 4.69) is 17.0 Å². The van der Waals surface area contributed by atoms with Crippen molar-refractivity contribution in [3.05, 3.63) is 53.2 Å². The second-order valence-corrected chi connectivity index (χ2v) is 9.19. The number of nitrogens with zero attached hydrogens (tertiary/aromatic N) is 2. The first-order chi connectivity index (χ1) is 16.6. The molecule has 34 heavy (non-hydrogen) atoms. The maximum Gasteiger partial charge on any atom is 0.231 e. The van der Waals surface area contributed by atoms with Crippen LogP contribution < -0.4 is 18.9 Å². The molecule has 7 nitrogen and oxygen atoms in total. The zero-order valence-corrected chi connectivity index (χ0v) is 19.9. The number of rotatable bonds is 7. The summed E-state index contributed by atoms with van der Waals surface area (Å²) in [5, 5.41) is 0. The maximum atomic E-state index is 13.0. The second-order valence-electron chi connectivity index (χ2n) is 9.19. The van der Waals surface area contributed by atoms with Gasteiger partial charge in [-0.1, -0.05) is 6.07 Å². The van der Waals surface area contributed by atoms with Crippen LogP contribution in [0.3, 0.4) is 0 Å². The van der Waals surface area contributed by atoms with Gasteiger partial charge in [0.15, 0.2) is 23.0 Å². The number of hydrogen-bond donors (Lipinski definition) is 0. The molecule has 0 saturated carbocycles. The normalized spacial score (nSPS) is 19.6. The Morgan fingerprint density at radius 2 is 1.88 bits per heavy atom. The summed E-state index contributed by atoms with van der Waals surface area (Å²) in [6, 6.07) is 10.1.